The van der Waals surface area contributed by atoms with Gasteiger partial charge in [0, 0.05) is 5.54 Å². The summed E-state index contributed by atoms with van der Waals surface area (Å²) in [5, 5.41) is 10.2. The zero-order valence-corrected chi connectivity index (χ0v) is 10.9. The van der Waals surface area contributed by atoms with Gasteiger partial charge in [0.25, 0.3) is 0 Å². The fourth-order valence-electron chi connectivity index (χ4n) is 2.01. The molecule has 1 unspecified atom stereocenters. The van der Waals surface area contributed by atoms with Gasteiger partial charge >= 0.3 is 0 Å². The second-order valence-corrected chi connectivity index (χ2v) is 4.59. The lowest BCUT2D eigenvalue weighted by Gasteiger charge is -2.21. The number of aliphatic hydroxyl groups excluding tert-OH is 1. The third-order valence-corrected chi connectivity index (χ3v) is 3.37. The van der Waals surface area contributed by atoms with Crippen LogP contribution >= 0.6 is 0 Å². The van der Waals surface area contributed by atoms with Crippen LogP contribution in [0, 0.1) is 0 Å². The van der Waals surface area contributed by atoms with Gasteiger partial charge in [-0.1, -0.05) is 0 Å². The van der Waals surface area contributed by atoms with Crippen LogP contribution in [0.3, 0.4) is 0 Å². The van der Waals surface area contributed by atoms with Crippen molar-refractivity contribution in [3.63, 3.8) is 0 Å². The zero-order chi connectivity index (χ0) is 13.3. The van der Waals surface area contributed by atoms with Crippen LogP contribution in [-0.2, 0) is 0 Å². The molecule has 1 aliphatic rings. The number of aliphatic hydroxyl groups is 1. The van der Waals surface area contributed by atoms with Crippen LogP contribution in [0.25, 0.3) is 0 Å². The Morgan fingerprint density at radius 2 is 1.61 bits per heavy atom. The van der Waals surface area contributed by atoms with Gasteiger partial charge in [-0.15, -0.1) is 0 Å². The summed E-state index contributed by atoms with van der Waals surface area (Å²) >= 11 is 0. The lowest BCUT2D eigenvalue weighted by Crippen LogP contribution is -2.30. The quantitative estimate of drug-likeness (QED) is 0.825. The van der Waals surface area contributed by atoms with Crippen LogP contribution in [0.2, 0.25) is 0 Å². The van der Waals surface area contributed by atoms with Crippen LogP contribution in [-0.4, -0.2) is 32.0 Å². The van der Waals surface area contributed by atoms with E-state index in [0.717, 1.165) is 12.8 Å². The molecule has 1 aromatic carbocycles. The molecule has 0 heterocycles. The van der Waals surface area contributed by atoms with Crippen molar-refractivity contribution in [1.82, 2.24) is 0 Å². The van der Waals surface area contributed by atoms with E-state index in [1.54, 1.807) is 33.5 Å². The lowest BCUT2D eigenvalue weighted by atomic mass is 10.00. The molecule has 1 aliphatic carbocycles. The summed E-state index contributed by atoms with van der Waals surface area (Å²) in [7, 11) is 4.63. The molecular formula is C13H19NO4. The molecule has 0 bridgehead atoms. The molecule has 0 aromatic heterocycles. The SMILES string of the molecule is COc1cc(C(O)C2(N)CC2)cc(OC)c1OC. The van der Waals surface area contributed by atoms with Gasteiger partial charge in [0.05, 0.1) is 27.4 Å². The number of rotatable bonds is 5. The Morgan fingerprint density at radius 3 is 1.94 bits per heavy atom. The van der Waals surface area contributed by atoms with Gasteiger partial charge in [0.15, 0.2) is 11.5 Å². The van der Waals surface area contributed by atoms with Crippen molar-refractivity contribution in [2.24, 2.45) is 5.73 Å². The molecule has 1 fully saturated rings. The van der Waals surface area contributed by atoms with Gasteiger partial charge in [0.1, 0.15) is 0 Å². The highest BCUT2D eigenvalue weighted by Crippen LogP contribution is 2.47. The first kappa shape index (κ1) is 13.0. The Labute approximate surface area is 106 Å². The second-order valence-electron chi connectivity index (χ2n) is 4.59. The Balaban J connectivity index is 2.43. The van der Waals surface area contributed by atoms with Crippen molar-refractivity contribution in [2.45, 2.75) is 24.5 Å². The van der Waals surface area contributed by atoms with E-state index < -0.39 is 11.6 Å². The summed E-state index contributed by atoms with van der Waals surface area (Å²) in [4.78, 5) is 0. The Hall–Kier alpha value is -1.46. The molecule has 2 rings (SSSR count). The summed E-state index contributed by atoms with van der Waals surface area (Å²) < 4.78 is 15.7. The summed E-state index contributed by atoms with van der Waals surface area (Å²) in [5.74, 6) is 1.56. The largest absolute Gasteiger partial charge is 0.493 e. The maximum atomic E-state index is 10.2. The molecule has 0 spiro atoms. The van der Waals surface area contributed by atoms with Gasteiger partial charge < -0.3 is 25.1 Å². The highest BCUT2D eigenvalue weighted by Gasteiger charge is 2.46. The molecule has 0 radical (unpaired) electrons. The first-order valence-electron chi connectivity index (χ1n) is 5.82. The fourth-order valence-corrected chi connectivity index (χ4v) is 2.01. The molecule has 18 heavy (non-hydrogen) atoms. The van der Waals surface area contributed by atoms with Gasteiger partial charge in [-0.05, 0) is 30.5 Å². The molecule has 0 amide bonds. The van der Waals surface area contributed by atoms with Gasteiger partial charge in [-0.25, -0.2) is 0 Å². The molecule has 1 atom stereocenters. The third kappa shape index (κ3) is 2.11. The van der Waals surface area contributed by atoms with Crippen LogP contribution < -0.4 is 19.9 Å². The van der Waals surface area contributed by atoms with Crippen molar-refractivity contribution < 1.29 is 19.3 Å². The molecule has 5 nitrogen and oxygen atoms in total. The lowest BCUT2D eigenvalue weighted by molar-refractivity contribution is 0.135. The maximum absolute atomic E-state index is 10.2. The minimum atomic E-state index is -0.716. The fraction of sp³-hybridized carbons (Fsp3) is 0.538. The Bertz CT molecular complexity index is 418. The maximum Gasteiger partial charge on any atom is 0.203 e. The number of hydrogen-bond donors (Lipinski definition) is 2. The molecular weight excluding hydrogens is 234 g/mol. The van der Waals surface area contributed by atoms with E-state index in [1.807, 2.05) is 0 Å². The first-order valence-corrected chi connectivity index (χ1v) is 5.82. The monoisotopic (exact) mass is 253 g/mol. The van der Waals surface area contributed by atoms with Crippen LogP contribution in [0.15, 0.2) is 12.1 Å². The molecule has 1 aromatic rings. The summed E-state index contributed by atoms with van der Waals surface area (Å²) in [6.07, 6.45) is 0.932. The number of benzene rings is 1. The average Bonchev–Trinajstić information content (AvgIpc) is 3.15. The normalized spacial score (nSPS) is 18.1. The van der Waals surface area contributed by atoms with Crippen LogP contribution in [0.1, 0.15) is 24.5 Å². The van der Waals surface area contributed by atoms with E-state index in [2.05, 4.69) is 0 Å². The number of nitrogens with two attached hydrogens (primary N) is 1. The number of methoxy groups -OCH3 is 3. The first-order chi connectivity index (χ1) is 8.55. The van der Waals surface area contributed by atoms with E-state index in [4.69, 9.17) is 19.9 Å². The summed E-state index contributed by atoms with van der Waals surface area (Å²) in [6.45, 7) is 0. The second kappa shape index (κ2) is 4.66. The predicted molar refractivity (Wildman–Crippen MR) is 67.2 cm³/mol. The van der Waals surface area contributed by atoms with Crippen molar-refractivity contribution >= 4 is 0 Å². The highest BCUT2D eigenvalue weighted by atomic mass is 16.5. The summed E-state index contributed by atoms with van der Waals surface area (Å²) in [6, 6.07) is 3.47. The highest BCUT2D eigenvalue weighted by molar-refractivity contribution is 5.54. The Morgan fingerprint density at radius 1 is 1.11 bits per heavy atom. The van der Waals surface area contributed by atoms with Crippen molar-refractivity contribution in [3.8, 4) is 17.2 Å². The standard InChI is InChI=1S/C13H19NO4/c1-16-9-6-8(12(15)13(14)4-5-13)7-10(17-2)11(9)18-3/h6-7,12,15H,4-5,14H2,1-3H3. The topological polar surface area (TPSA) is 73.9 Å². The zero-order valence-electron chi connectivity index (χ0n) is 10.9. The van der Waals surface area contributed by atoms with E-state index in [0.29, 0.717) is 22.8 Å². The number of ether oxygens (including phenoxy) is 3. The van der Waals surface area contributed by atoms with Crippen molar-refractivity contribution in [2.75, 3.05) is 21.3 Å². The van der Waals surface area contributed by atoms with E-state index in [1.165, 1.54) is 0 Å². The van der Waals surface area contributed by atoms with Gasteiger partial charge in [-0.3, -0.25) is 0 Å². The summed E-state index contributed by atoms with van der Waals surface area (Å²) in [5.41, 5.74) is 6.19. The average molecular weight is 253 g/mol. The van der Waals surface area contributed by atoms with E-state index >= 15 is 0 Å². The smallest absolute Gasteiger partial charge is 0.203 e. The van der Waals surface area contributed by atoms with Crippen LogP contribution in [0.5, 0.6) is 17.2 Å². The molecule has 5 heteroatoms. The van der Waals surface area contributed by atoms with Gasteiger partial charge in [-0.2, -0.15) is 0 Å². The van der Waals surface area contributed by atoms with Crippen molar-refractivity contribution in [1.29, 1.82) is 0 Å². The van der Waals surface area contributed by atoms with Crippen LogP contribution in [0.4, 0.5) is 0 Å². The third-order valence-electron chi connectivity index (χ3n) is 3.37. The Kier molecular flexibility index (Phi) is 3.36. The minimum absolute atomic E-state index is 0.509. The van der Waals surface area contributed by atoms with Crippen molar-refractivity contribution in [3.05, 3.63) is 17.7 Å². The predicted octanol–water partition coefficient (Wildman–Crippen LogP) is 1.24. The molecule has 1 saturated carbocycles. The minimum Gasteiger partial charge on any atom is -0.493 e. The van der Waals surface area contributed by atoms with E-state index in [-0.39, 0.29) is 0 Å². The number of hydrogen-bond acceptors (Lipinski definition) is 5. The molecule has 0 aliphatic heterocycles. The van der Waals surface area contributed by atoms with Gasteiger partial charge in [0.2, 0.25) is 5.75 Å². The molecule has 3 N–H and O–H groups in total. The molecule has 100 valence electrons. The van der Waals surface area contributed by atoms with E-state index in [9.17, 15) is 5.11 Å². The molecule has 0 saturated heterocycles.